The van der Waals surface area contributed by atoms with Crippen LogP contribution in [0.1, 0.15) is 44.7 Å². The van der Waals surface area contributed by atoms with Gasteiger partial charge in [0.1, 0.15) is 5.75 Å². The van der Waals surface area contributed by atoms with Gasteiger partial charge in [-0.1, -0.05) is 19.1 Å². The number of hydrogen-bond acceptors (Lipinski definition) is 3. The Kier molecular flexibility index (Phi) is 5.86. The fourth-order valence-corrected chi connectivity index (χ4v) is 3.04. The summed E-state index contributed by atoms with van der Waals surface area (Å²) < 4.78 is 5.35. The molecule has 0 radical (unpaired) electrons. The van der Waals surface area contributed by atoms with Gasteiger partial charge in [0, 0.05) is 18.6 Å². The molecule has 0 amide bonds. The molecule has 1 aromatic carbocycles. The minimum atomic E-state index is 0.437. The van der Waals surface area contributed by atoms with Gasteiger partial charge in [-0.25, -0.2) is 0 Å². The van der Waals surface area contributed by atoms with Crippen molar-refractivity contribution < 1.29 is 4.74 Å². The molecule has 20 heavy (non-hydrogen) atoms. The molecule has 1 heterocycles. The molecule has 0 saturated carbocycles. The van der Waals surface area contributed by atoms with Crippen LogP contribution in [0.3, 0.4) is 0 Å². The van der Waals surface area contributed by atoms with Crippen molar-refractivity contribution in [2.75, 3.05) is 26.7 Å². The van der Waals surface area contributed by atoms with Crippen LogP contribution in [0, 0.1) is 0 Å². The van der Waals surface area contributed by atoms with E-state index in [1.807, 2.05) is 6.07 Å². The maximum Gasteiger partial charge on any atom is 0.119 e. The smallest absolute Gasteiger partial charge is 0.119 e. The highest BCUT2D eigenvalue weighted by Gasteiger charge is 2.21. The molecule has 0 spiro atoms. The molecule has 1 aliphatic heterocycles. The van der Waals surface area contributed by atoms with Crippen LogP contribution >= 0.6 is 0 Å². The van der Waals surface area contributed by atoms with Gasteiger partial charge in [-0.15, -0.1) is 0 Å². The summed E-state index contributed by atoms with van der Waals surface area (Å²) in [5.41, 5.74) is 1.34. The van der Waals surface area contributed by atoms with E-state index < -0.39 is 0 Å². The summed E-state index contributed by atoms with van der Waals surface area (Å²) in [7, 11) is 1.73. The highest BCUT2D eigenvalue weighted by molar-refractivity contribution is 5.30. The highest BCUT2D eigenvalue weighted by Crippen LogP contribution is 2.25. The van der Waals surface area contributed by atoms with Gasteiger partial charge >= 0.3 is 0 Å². The van der Waals surface area contributed by atoms with Crippen molar-refractivity contribution in [2.45, 2.75) is 45.2 Å². The largest absolute Gasteiger partial charge is 0.497 e. The number of ether oxygens (including phenoxy) is 1. The van der Waals surface area contributed by atoms with Crippen LogP contribution in [0.5, 0.6) is 5.75 Å². The molecule has 3 heteroatoms. The Bertz CT molecular complexity index is 402. The molecular weight excluding hydrogens is 248 g/mol. The number of rotatable bonds is 7. The van der Waals surface area contributed by atoms with E-state index >= 15 is 0 Å². The van der Waals surface area contributed by atoms with Gasteiger partial charge in [-0.05, 0) is 57.0 Å². The van der Waals surface area contributed by atoms with Gasteiger partial charge in [0.05, 0.1) is 7.11 Å². The van der Waals surface area contributed by atoms with E-state index in [9.17, 15) is 0 Å². The zero-order chi connectivity index (χ0) is 14.4. The van der Waals surface area contributed by atoms with Crippen molar-refractivity contribution in [2.24, 2.45) is 0 Å². The van der Waals surface area contributed by atoms with Crippen LogP contribution in [-0.4, -0.2) is 37.7 Å². The number of nitrogens with one attached hydrogen (secondary N) is 1. The predicted molar refractivity (Wildman–Crippen MR) is 84.3 cm³/mol. The normalized spacial score (nSPS) is 20.3. The van der Waals surface area contributed by atoms with Crippen LogP contribution in [0.15, 0.2) is 24.3 Å². The molecule has 112 valence electrons. The molecule has 0 bridgehead atoms. The minimum absolute atomic E-state index is 0.437. The summed E-state index contributed by atoms with van der Waals surface area (Å²) >= 11 is 0. The van der Waals surface area contributed by atoms with Crippen LogP contribution < -0.4 is 10.1 Å². The second-order valence-corrected chi connectivity index (χ2v) is 5.74. The number of benzene rings is 1. The van der Waals surface area contributed by atoms with Crippen LogP contribution in [0.2, 0.25) is 0 Å². The summed E-state index contributed by atoms with van der Waals surface area (Å²) in [6, 6.07) is 9.57. The van der Waals surface area contributed by atoms with Crippen molar-refractivity contribution in [1.29, 1.82) is 0 Å². The number of hydrogen-bond donors (Lipinski definition) is 1. The van der Waals surface area contributed by atoms with Gasteiger partial charge in [0.15, 0.2) is 0 Å². The Hall–Kier alpha value is -1.06. The highest BCUT2D eigenvalue weighted by atomic mass is 16.5. The molecule has 1 N–H and O–H groups in total. The molecule has 1 fully saturated rings. The monoisotopic (exact) mass is 276 g/mol. The maximum atomic E-state index is 5.35. The third kappa shape index (κ3) is 3.97. The van der Waals surface area contributed by atoms with Crippen LogP contribution in [0.25, 0.3) is 0 Å². The van der Waals surface area contributed by atoms with Gasteiger partial charge in [0.2, 0.25) is 0 Å². The molecular formula is C17H28N2O. The lowest BCUT2D eigenvalue weighted by Crippen LogP contribution is -2.39. The Balaban J connectivity index is 2.05. The predicted octanol–water partition coefficient (Wildman–Crippen LogP) is 3.22. The Morgan fingerprint density at radius 3 is 2.95 bits per heavy atom. The van der Waals surface area contributed by atoms with Crippen molar-refractivity contribution in [1.82, 2.24) is 10.2 Å². The topological polar surface area (TPSA) is 24.5 Å². The van der Waals surface area contributed by atoms with E-state index in [-0.39, 0.29) is 0 Å². The van der Waals surface area contributed by atoms with Gasteiger partial charge in [0.25, 0.3) is 0 Å². The summed E-state index contributed by atoms with van der Waals surface area (Å²) in [4.78, 5) is 2.60. The summed E-state index contributed by atoms with van der Waals surface area (Å²) in [6.45, 7) is 8.04. The maximum absolute atomic E-state index is 5.35. The van der Waals surface area contributed by atoms with E-state index in [0.717, 1.165) is 18.8 Å². The molecule has 2 atom stereocenters. The van der Waals surface area contributed by atoms with Crippen LogP contribution in [-0.2, 0) is 0 Å². The van der Waals surface area contributed by atoms with Gasteiger partial charge < -0.3 is 10.1 Å². The van der Waals surface area contributed by atoms with Crippen molar-refractivity contribution >= 4 is 0 Å². The lowest BCUT2D eigenvalue weighted by molar-refractivity contribution is 0.192. The fraction of sp³-hybridized carbons (Fsp3) is 0.647. The first-order chi connectivity index (χ1) is 9.74. The molecule has 0 aliphatic carbocycles. The van der Waals surface area contributed by atoms with Crippen molar-refractivity contribution in [3.63, 3.8) is 0 Å². The third-order valence-corrected chi connectivity index (χ3v) is 4.25. The average molecular weight is 276 g/mol. The van der Waals surface area contributed by atoms with E-state index in [4.69, 9.17) is 4.74 Å². The van der Waals surface area contributed by atoms with E-state index in [2.05, 4.69) is 42.3 Å². The second kappa shape index (κ2) is 7.65. The first-order valence-electron chi connectivity index (χ1n) is 7.86. The van der Waals surface area contributed by atoms with Crippen molar-refractivity contribution in [3.05, 3.63) is 29.8 Å². The molecule has 1 aromatic rings. The lowest BCUT2D eigenvalue weighted by Gasteiger charge is -2.31. The zero-order valence-electron chi connectivity index (χ0n) is 13.1. The first-order valence-corrected chi connectivity index (χ1v) is 7.86. The molecule has 1 saturated heterocycles. The molecule has 3 nitrogen and oxygen atoms in total. The number of methoxy groups -OCH3 is 1. The molecule has 0 aromatic heterocycles. The Morgan fingerprint density at radius 2 is 2.30 bits per heavy atom. The summed E-state index contributed by atoms with van der Waals surface area (Å²) in [5.74, 6) is 0.949. The zero-order valence-corrected chi connectivity index (χ0v) is 13.1. The van der Waals surface area contributed by atoms with Crippen molar-refractivity contribution in [3.8, 4) is 5.75 Å². The standard InChI is InChI=1S/C17H28N2O/c1-4-11-19(13-16-8-6-10-18-16)14(2)15-7-5-9-17(12-15)20-3/h5,7,9,12,14,16,18H,4,6,8,10-11,13H2,1-3H3. The van der Waals surface area contributed by atoms with Gasteiger partial charge in [-0.2, -0.15) is 0 Å². The molecule has 2 rings (SSSR count). The quantitative estimate of drug-likeness (QED) is 0.827. The van der Waals surface area contributed by atoms with E-state index in [1.165, 1.54) is 31.4 Å². The molecule has 2 unspecified atom stereocenters. The van der Waals surface area contributed by atoms with Crippen LogP contribution in [0.4, 0.5) is 0 Å². The molecule has 1 aliphatic rings. The summed E-state index contributed by atoms with van der Waals surface area (Å²) in [6.07, 6.45) is 3.82. The second-order valence-electron chi connectivity index (χ2n) is 5.74. The lowest BCUT2D eigenvalue weighted by atomic mass is 10.0. The number of nitrogens with zero attached hydrogens (tertiary/aromatic N) is 1. The van der Waals surface area contributed by atoms with E-state index in [1.54, 1.807) is 7.11 Å². The minimum Gasteiger partial charge on any atom is -0.497 e. The SMILES string of the molecule is CCCN(CC1CCCN1)C(C)c1cccc(OC)c1. The fourth-order valence-electron chi connectivity index (χ4n) is 3.04. The Morgan fingerprint density at radius 1 is 1.45 bits per heavy atom. The third-order valence-electron chi connectivity index (χ3n) is 4.25. The first kappa shape index (κ1) is 15.3. The van der Waals surface area contributed by atoms with E-state index in [0.29, 0.717) is 12.1 Å². The Labute approximate surface area is 123 Å². The average Bonchev–Trinajstić information content (AvgIpc) is 2.99. The van der Waals surface area contributed by atoms with Gasteiger partial charge in [-0.3, -0.25) is 4.90 Å². The summed E-state index contributed by atoms with van der Waals surface area (Å²) in [5, 5.41) is 3.61.